The minimum atomic E-state index is 0.432. The molecular formula is C15H20N2S. The van der Waals surface area contributed by atoms with Crippen LogP contribution in [0, 0.1) is 0 Å². The van der Waals surface area contributed by atoms with E-state index in [9.17, 15) is 0 Å². The number of imidazole rings is 1. The van der Waals surface area contributed by atoms with Gasteiger partial charge in [-0.05, 0) is 11.3 Å². The Morgan fingerprint density at radius 1 is 1.22 bits per heavy atom. The Hall–Kier alpha value is -1.22. The summed E-state index contributed by atoms with van der Waals surface area (Å²) in [7, 11) is 0. The second kappa shape index (κ2) is 6.10. The van der Waals surface area contributed by atoms with Gasteiger partial charge in [-0.1, -0.05) is 44.2 Å². The van der Waals surface area contributed by atoms with Crippen LogP contribution in [0.4, 0.5) is 0 Å². The first-order valence-electron chi connectivity index (χ1n) is 6.39. The van der Waals surface area contributed by atoms with Crippen molar-refractivity contribution in [3.63, 3.8) is 0 Å². The molecule has 0 amide bonds. The summed E-state index contributed by atoms with van der Waals surface area (Å²) >= 11 is 4.49. The number of thiol groups is 1. The van der Waals surface area contributed by atoms with E-state index in [0.29, 0.717) is 11.8 Å². The summed E-state index contributed by atoms with van der Waals surface area (Å²) < 4.78 is 2.25. The van der Waals surface area contributed by atoms with Crippen molar-refractivity contribution in [2.75, 3.05) is 5.75 Å². The Bertz CT molecular complexity index is 476. The van der Waals surface area contributed by atoms with Gasteiger partial charge in [0.25, 0.3) is 0 Å². The van der Waals surface area contributed by atoms with Crippen LogP contribution >= 0.6 is 12.6 Å². The summed E-state index contributed by atoms with van der Waals surface area (Å²) in [6, 6.07) is 10.6. The molecule has 0 aliphatic rings. The van der Waals surface area contributed by atoms with E-state index in [-0.39, 0.29) is 0 Å². The Balaban J connectivity index is 2.18. The quantitative estimate of drug-likeness (QED) is 0.811. The van der Waals surface area contributed by atoms with Crippen LogP contribution in [-0.2, 0) is 6.54 Å². The third-order valence-electron chi connectivity index (χ3n) is 3.17. The molecule has 0 saturated carbocycles. The molecule has 0 fully saturated rings. The Morgan fingerprint density at radius 2 is 1.94 bits per heavy atom. The summed E-state index contributed by atoms with van der Waals surface area (Å²) in [5, 5.41) is 0. The van der Waals surface area contributed by atoms with Crippen molar-refractivity contribution in [3.8, 4) is 0 Å². The molecule has 1 atom stereocenters. The number of nitrogens with zero attached hydrogens (tertiary/aromatic N) is 2. The molecule has 1 aromatic carbocycles. The van der Waals surface area contributed by atoms with Gasteiger partial charge in [0.2, 0.25) is 0 Å². The lowest BCUT2D eigenvalue weighted by molar-refractivity contribution is 0.562. The maximum atomic E-state index is 4.49. The van der Waals surface area contributed by atoms with Crippen LogP contribution in [0.2, 0.25) is 0 Å². The van der Waals surface area contributed by atoms with Gasteiger partial charge in [-0.3, -0.25) is 0 Å². The fourth-order valence-corrected chi connectivity index (χ4v) is 2.53. The standard InChI is InChI=1S/C15H20N2S/c1-12(2)15-16-8-9-17(15)10-14(11-18)13-6-4-3-5-7-13/h3-9,12,14,18H,10-11H2,1-2H3. The summed E-state index contributed by atoms with van der Waals surface area (Å²) in [5.74, 6) is 2.88. The number of rotatable bonds is 5. The van der Waals surface area contributed by atoms with Crippen LogP contribution in [0.15, 0.2) is 42.7 Å². The van der Waals surface area contributed by atoms with Gasteiger partial charge in [-0.15, -0.1) is 0 Å². The van der Waals surface area contributed by atoms with E-state index in [1.54, 1.807) is 0 Å². The van der Waals surface area contributed by atoms with Crippen LogP contribution < -0.4 is 0 Å². The number of hydrogen-bond donors (Lipinski definition) is 1. The molecular weight excluding hydrogens is 240 g/mol. The van der Waals surface area contributed by atoms with E-state index >= 15 is 0 Å². The first-order valence-corrected chi connectivity index (χ1v) is 7.02. The van der Waals surface area contributed by atoms with Crippen molar-refractivity contribution in [2.24, 2.45) is 0 Å². The molecule has 0 N–H and O–H groups in total. The van der Waals surface area contributed by atoms with Gasteiger partial charge in [-0.2, -0.15) is 12.6 Å². The van der Waals surface area contributed by atoms with Crippen LogP contribution in [-0.4, -0.2) is 15.3 Å². The lowest BCUT2D eigenvalue weighted by Gasteiger charge is -2.18. The average Bonchev–Trinajstić information content (AvgIpc) is 2.85. The maximum Gasteiger partial charge on any atom is 0.111 e. The van der Waals surface area contributed by atoms with Crippen LogP contribution in [0.25, 0.3) is 0 Å². The molecule has 2 rings (SSSR count). The third-order valence-corrected chi connectivity index (χ3v) is 3.61. The largest absolute Gasteiger partial charge is 0.334 e. The predicted octanol–water partition coefficient (Wildman–Crippen LogP) is 3.72. The summed E-state index contributed by atoms with van der Waals surface area (Å²) in [4.78, 5) is 4.43. The van der Waals surface area contributed by atoms with Gasteiger partial charge in [0.05, 0.1) is 0 Å². The van der Waals surface area contributed by atoms with Gasteiger partial charge in [0.15, 0.2) is 0 Å². The van der Waals surface area contributed by atoms with Crippen molar-refractivity contribution in [2.45, 2.75) is 32.2 Å². The first-order chi connectivity index (χ1) is 8.72. The van der Waals surface area contributed by atoms with Crippen LogP contribution in [0.3, 0.4) is 0 Å². The Kier molecular flexibility index (Phi) is 4.48. The van der Waals surface area contributed by atoms with Crippen LogP contribution in [0.1, 0.15) is 37.1 Å². The SMILES string of the molecule is CC(C)c1nccn1CC(CS)c1ccccc1. The smallest absolute Gasteiger partial charge is 0.111 e. The Labute approximate surface area is 114 Å². The van der Waals surface area contributed by atoms with Gasteiger partial charge >= 0.3 is 0 Å². The molecule has 3 heteroatoms. The summed E-state index contributed by atoms with van der Waals surface area (Å²) in [5.41, 5.74) is 1.34. The molecule has 0 aliphatic carbocycles. The molecule has 0 saturated heterocycles. The summed E-state index contributed by atoms with van der Waals surface area (Å²) in [6.07, 6.45) is 3.95. The molecule has 1 unspecified atom stereocenters. The second-order valence-corrected chi connectivity index (χ2v) is 5.25. The zero-order valence-electron chi connectivity index (χ0n) is 11.0. The average molecular weight is 260 g/mol. The molecule has 96 valence electrons. The minimum absolute atomic E-state index is 0.432. The van der Waals surface area contributed by atoms with E-state index in [1.165, 1.54) is 5.56 Å². The monoisotopic (exact) mass is 260 g/mol. The molecule has 2 aromatic rings. The van der Waals surface area contributed by atoms with Gasteiger partial charge in [-0.25, -0.2) is 4.98 Å². The second-order valence-electron chi connectivity index (χ2n) is 4.88. The van der Waals surface area contributed by atoms with Gasteiger partial charge < -0.3 is 4.57 Å². The molecule has 1 aromatic heterocycles. The fraction of sp³-hybridized carbons (Fsp3) is 0.400. The molecule has 18 heavy (non-hydrogen) atoms. The predicted molar refractivity (Wildman–Crippen MR) is 79.4 cm³/mol. The van der Waals surface area contributed by atoms with E-state index < -0.39 is 0 Å². The van der Waals surface area contributed by atoms with Crippen molar-refractivity contribution in [1.82, 2.24) is 9.55 Å². The zero-order valence-corrected chi connectivity index (χ0v) is 11.8. The lowest BCUT2D eigenvalue weighted by atomic mass is 10.0. The molecule has 0 bridgehead atoms. The lowest BCUT2D eigenvalue weighted by Crippen LogP contribution is -2.13. The highest BCUT2D eigenvalue weighted by Gasteiger charge is 2.13. The van der Waals surface area contributed by atoms with Crippen molar-refractivity contribution < 1.29 is 0 Å². The fourth-order valence-electron chi connectivity index (χ4n) is 2.21. The van der Waals surface area contributed by atoms with E-state index in [2.05, 4.69) is 72.6 Å². The Morgan fingerprint density at radius 3 is 2.56 bits per heavy atom. The number of hydrogen-bond acceptors (Lipinski definition) is 2. The van der Waals surface area contributed by atoms with Crippen molar-refractivity contribution in [1.29, 1.82) is 0 Å². The third kappa shape index (κ3) is 2.96. The minimum Gasteiger partial charge on any atom is -0.334 e. The van der Waals surface area contributed by atoms with Crippen molar-refractivity contribution >= 4 is 12.6 Å². The normalized spacial score (nSPS) is 12.9. The molecule has 1 heterocycles. The summed E-state index contributed by atoms with van der Waals surface area (Å²) in [6.45, 7) is 5.30. The highest BCUT2D eigenvalue weighted by atomic mass is 32.1. The topological polar surface area (TPSA) is 17.8 Å². The highest BCUT2D eigenvalue weighted by Crippen LogP contribution is 2.21. The van der Waals surface area contributed by atoms with Crippen molar-refractivity contribution in [3.05, 3.63) is 54.1 Å². The van der Waals surface area contributed by atoms with Gasteiger partial charge in [0, 0.05) is 30.8 Å². The van der Waals surface area contributed by atoms with E-state index in [0.717, 1.165) is 18.1 Å². The van der Waals surface area contributed by atoms with E-state index in [1.807, 2.05) is 6.20 Å². The highest BCUT2D eigenvalue weighted by molar-refractivity contribution is 7.80. The first kappa shape index (κ1) is 13.2. The zero-order chi connectivity index (χ0) is 13.0. The molecule has 0 radical (unpaired) electrons. The molecule has 0 spiro atoms. The molecule has 2 nitrogen and oxygen atoms in total. The molecule has 0 aliphatic heterocycles. The van der Waals surface area contributed by atoms with Gasteiger partial charge in [0.1, 0.15) is 5.82 Å². The van der Waals surface area contributed by atoms with E-state index in [4.69, 9.17) is 0 Å². The number of aromatic nitrogens is 2. The number of benzene rings is 1. The van der Waals surface area contributed by atoms with Crippen LogP contribution in [0.5, 0.6) is 0 Å². The maximum absolute atomic E-state index is 4.49.